The number of likely N-dealkylation sites (tertiary alicyclic amines) is 1. The number of rotatable bonds is 3. The zero-order chi connectivity index (χ0) is 14.5. The highest BCUT2D eigenvalue weighted by atomic mass is 32.2. The first-order valence-electron chi connectivity index (χ1n) is 6.79. The Kier molecular flexibility index (Phi) is 5.06. The summed E-state index contributed by atoms with van der Waals surface area (Å²) in [6, 6.07) is 8.02. The average Bonchev–Trinajstić information content (AvgIpc) is 2.95. The summed E-state index contributed by atoms with van der Waals surface area (Å²) in [6.07, 6.45) is 3.83. The van der Waals surface area contributed by atoms with E-state index in [9.17, 15) is 9.59 Å². The van der Waals surface area contributed by atoms with E-state index in [1.54, 1.807) is 23.6 Å². The molecule has 1 amide bonds. The number of thioether (sulfide) groups is 1. The molecule has 0 saturated carbocycles. The van der Waals surface area contributed by atoms with E-state index in [0.29, 0.717) is 6.54 Å². The summed E-state index contributed by atoms with van der Waals surface area (Å²) >= 11 is 1.66. The number of ether oxygens (including phenoxy) is 1. The summed E-state index contributed by atoms with van der Waals surface area (Å²) in [5.74, 6) is -1.27. The van der Waals surface area contributed by atoms with Gasteiger partial charge in [0.1, 0.15) is 0 Å². The van der Waals surface area contributed by atoms with Gasteiger partial charge >= 0.3 is 11.9 Å². The van der Waals surface area contributed by atoms with Crippen LogP contribution in [0.15, 0.2) is 29.2 Å². The number of benzene rings is 1. The fourth-order valence-electron chi connectivity index (χ4n) is 2.58. The molecule has 20 heavy (non-hydrogen) atoms. The molecule has 0 bridgehead atoms. The maximum absolute atomic E-state index is 12.2. The highest BCUT2D eigenvalue weighted by Crippen LogP contribution is 2.36. The topological polar surface area (TPSA) is 46.6 Å². The summed E-state index contributed by atoms with van der Waals surface area (Å²) in [4.78, 5) is 26.6. The van der Waals surface area contributed by atoms with Crippen molar-refractivity contribution in [2.75, 3.05) is 19.4 Å². The van der Waals surface area contributed by atoms with Crippen LogP contribution in [0.2, 0.25) is 0 Å². The summed E-state index contributed by atoms with van der Waals surface area (Å²) in [7, 11) is 0. The molecule has 1 heterocycles. The number of carbonyl (C=O) groups is 2. The van der Waals surface area contributed by atoms with Gasteiger partial charge in [0, 0.05) is 11.4 Å². The number of amides is 1. The van der Waals surface area contributed by atoms with Gasteiger partial charge in [-0.3, -0.25) is 4.79 Å². The van der Waals surface area contributed by atoms with E-state index in [-0.39, 0.29) is 12.6 Å². The van der Waals surface area contributed by atoms with Gasteiger partial charge in [0.15, 0.2) is 0 Å². The Labute approximate surface area is 123 Å². The molecule has 1 aromatic carbocycles. The second kappa shape index (κ2) is 6.79. The fourth-order valence-corrected chi connectivity index (χ4v) is 3.24. The Balaban J connectivity index is 2.23. The summed E-state index contributed by atoms with van der Waals surface area (Å²) in [6.45, 7) is 2.55. The van der Waals surface area contributed by atoms with E-state index in [4.69, 9.17) is 4.74 Å². The van der Waals surface area contributed by atoms with Crippen molar-refractivity contribution >= 4 is 23.6 Å². The van der Waals surface area contributed by atoms with Crippen molar-refractivity contribution in [2.24, 2.45) is 0 Å². The van der Waals surface area contributed by atoms with E-state index >= 15 is 0 Å². The summed E-state index contributed by atoms with van der Waals surface area (Å²) < 4.78 is 4.82. The first-order chi connectivity index (χ1) is 9.69. The molecule has 108 valence electrons. The lowest BCUT2D eigenvalue weighted by atomic mass is 10.0. The molecular formula is C15H19NO3S. The minimum Gasteiger partial charge on any atom is -0.459 e. The highest BCUT2D eigenvalue weighted by Gasteiger charge is 2.35. The van der Waals surface area contributed by atoms with Crippen LogP contribution < -0.4 is 0 Å². The largest absolute Gasteiger partial charge is 0.459 e. The predicted octanol–water partition coefficient (Wildman–Crippen LogP) is 2.64. The van der Waals surface area contributed by atoms with Crippen molar-refractivity contribution in [3.63, 3.8) is 0 Å². The number of hydrogen-bond acceptors (Lipinski definition) is 4. The SMILES string of the molecule is CCOC(=O)C(=O)N1CCCC1c1ccccc1SC. The van der Waals surface area contributed by atoms with Gasteiger partial charge in [-0.1, -0.05) is 18.2 Å². The van der Waals surface area contributed by atoms with Crippen molar-refractivity contribution < 1.29 is 14.3 Å². The standard InChI is InChI=1S/C15H19NO3S/c1-3-19-15(18)14(17)16-10-6-8-12(16)11-7-4-5-9-13(11)20-2/h4-5,7,9,12H,3,6,8,10H2,1-2H3. The molecule has 1 fully saturated rings. The maximum Gasteiger partial charge on any atom is 0.397 e. The van der Waals surface area contributed by atoms with E-state index in [1.807, 2.05) is 30.5 Å². The summed E-state index contributed by atoms with van der Waals surface area (Å²) in [5, 5.41) is 0. The number of carbonyl (C=O) groups excluding carboxylic acids is 2. The van der Waals surface area contributed by atoms with E-state index in [1.165, 1.54) is 0 Å². The van der Waals surface area contributed by atoms with Crippen LogP contribution in [-0.2, 0) is 14.3 Å². The van der Waals surface area contributed by atoms with Crippen LogP contribution in [-0.4, -0.2) is 36.2 Å². The number of esters is 1. The quantitative estimate of drug-likeness (QED) is 0.488. The molecule has 1 aliphatic heterocycles. The van der Waals surface area contributed by atoms with Gasteiger partial charge in [-0.25, -0.2) is 4.79 Å². The Morgan fingerprint density at radius 1 is 1.40 bits per heavy atom. The fraction of sp³-hybridized carbons (Fsp3) is 0.467. The normalized spacial score (nSPS) is 18.1. The molecule has 1 aromatic rings. The summed E-state index contributed by atoms with van der Waals surface area (Å²) in [5.41, 5.74) is 1.12. The third kappa shape index (κ3) is 2.98. The maximum atomic E-state index is 12.2. The van der Waals surface area contributed by atoms with Crippen LogP contribution in [0.4, 0.5) is 0 Å². The van der Waals surface area contributed by atoms with Gasteiger partial charge in [0.2, 0.25) is 0 Å². The van der Waals surface area contributed by atoms with Gasteiger partial charge in [0.05, 0.1) is 12.6 Å². The molecule has 0 N–H and O–H groups in total. The Morgan fingerprint density at radius 2 is 2.15 bits per heavy atom. The molecule has 1 atom stereocenters. The molecule has 1 saturated heterocycles. The zero-order valence-electron chi connectivity index (χ0n) is 11.8. The molecule has 2 rings (SSSR count). The molecule has 0 aromatic heterocycles. The van der Waals surface area contributed by atoms with Crippen LogP contribution in [0, 0.1) is 0 Å². The lowest BCUT2D eigenvalue weighted by molar-refractivity contribution is -0.160. The minimum atomic E-state index is -0.749. The van der Waals surface area contributed by atoms with Crippen LogP contribution in [0.1, 0.15) is 31.4 Å². The molecule has 0 radical (unpaired) electrons. The average molecular weight is 293 g/mol. The van der Waals surface area contributed by atoms with E-state index in [2.05, 4.69) is 0 Å². The molecule has 5 heteroatoms. The second-order valence-corrected chi connectivity index (χ2v) is 5.47. The van der Waals surface area contributed by atoms with Crippen LogP contribution in [0.5, 0.6) is 0 Å². The van der Waals surface area contributed by atoms with Crippen molar-refractivity contribution in [3.05, 3.63) is 29.8 Å². The third-order valence-electron chi connectivity index (χ3n) is 3.46. The van der Waals surface area contributed by atoms with Crippen LogP contribution in [0.3, 0.4) is 0 Å². The highest BCUT2D eigenvalue weighted by molar-refractivity contribution is 7.98. The molecule has 1 unspecified atom stereocenters. The number of hydrogen-bond donors (Lipinski definition) is 0. The van der Waals surface area contributed by atoms with Gasteiger partial charge in [-0.05, 0) is 37.7 Å². The lowest BCUT2D eigenvalue weighted by Crippen LogP contribution is -2.37. The van der Waals surface area contributed by atoms with Crippen molar-refractivity contribution in [2.45, 2.75) is 30.7 Å². The smallest absolute Gasteiger partial charge is 0.397 e. The lowest BCUT2D eigenvalue weighted by Gasteiger charge is -2.25. The molecular weight excluding hydrogens is 274 g/mol. The van der Waals surface area contributed by atoms with Gasteiger partial charge in [-0.2, -0.15) is 0 Å². The van der Waals surface area contributed by atoms with Crippen LogP contribution >= 0.6 is 11.8 Å². The van der Waals surface area contributed by atoms with Gasteiger partial charge < -0.3 is 9.64 Å². The minimum absolute atomic E-state index is 0.0180. The second-order valence-electron chi connectivity index (χ2n) is 4.62. The van der Waals surface area contributed by atoms with Crippen molar-refractivity contribution in [3.8, 4) is 0 Å². The molecule has 0 aliphatic carbocycles. The predicted molar refractivity (Wildman–Crippen MR) is 78.5 cm³/mol. The van der Waals surface area contributed by atoms with Crippen molar-refractivity contribution in [1.82, 2.24) is 4.90 Å². The van der Waals surface area contributed by atoms with E-state index in [0.717, 1.165) is 23.3 Å². The monoisotopic (exact) mass is 293 g/mol. The first kappa shape index (κ1) is 14.9. The number of nitrogens with zero attached hydrogens (tertiary/aromatic N) is 1. The Bertz CT molecular complexity index is 504. The van der Waals surface area contributed by atoms with Gasteiger partial charge in [0.25, 0.3) is 0 Å². The first-order valence-corrected chi connectivity index (χ1v) is 8.02. The molecule has 1 aliphatic rings. The zero-order valence-corrected chi connectivity index (χ0v) is 12.6. The molecule has 4 nitrogen and oxygen atoms in total. The van der Waals surface area contributed by atoms with Crippen molar-refractivity contribution in [1.29, 1.82) is 0 Å². The Morgan fingerprint density at radius 3 is 2.85 bits per heavy atom. The molecule has 0 spiro atoms. The van der Waals surface area contributed by atoms with Gasteiger partial charge in [-0.15, -0.1) is 11.8 Å². The Hall–Kier alpha value is -1.49. The van der Waals surface area contributed by atoms with Crippen LogP contribution in [0.25, 0.3) is 0 Å². The van der Waals surface area contributed by atoms with E-state index < -0.39 is 11.9 Å². The third-order valence-corrected chi connectivity index (χ3v) is 4.27.